The van der Waals surface area contributed by atoms with E-state index < -0.39 is 11.5 Å². The van der Waals surface area contributed by atoms with Gasteiger partial charge in [0.05, 0.1) is 12.1 Å². The molecule has 2 aromatic rings. The Labute approximate surface area is 103 Å². The molecular formula is C13H13NO4. The van der Waals surface area contributed by atoms with Crippen LogP contribution in [0.1, 0.15) is 22.8 Å². The molecule has 0 spiro atoms. The Hall–Kier alpha value is -2.30. The molecular weight excluding hydrogens is 234 g/mol. The molecule has 1 N–H and O–H groups in total. The minimum absolute atomic E-state index is 0.147. The summed E-state index contributed by atoms with van der Waals surface area (Å²) in [5.41, 5.74) is 0.136. The predicted octanol–water partition coefficient (Wildman–Crippen LogP) is 1.49. The molecule has 5 nitrogen and oxygen atoms in total. The Bertz CT molecular complexity index is 672. The molecule has 0 unspecified atom stereocenters. The van der Waals surface area contributed by atoms with Gasteiger partial charge in [0.1, 0.15) is 5.75 Å². The van der Waals surface area contributed by atoms with Crippen molar-refractivity contribution >= 4 is 11.5 Å². The fourth-order valence-electron chi connectivity index (χ4n) is 1.84. The van der Waals surface area contributed by atoms with Crippen LogP contribution in [-0.4, -0.2) is 22.1 Å². The van der Waals surface area contributed by atoms with E-state index in [2.05, 4.69) is 0 Å². The third-order valence-corrected chi connectivity index (χ3v) is 2.75. The van der Waals surface area contributed by atoms with Crippen LogP contribution in [0.3, 0.4) is 0 Å². The summed E-state index contributed by atoms with van der Waals surface area (Å²) in [7, 11) is 0. The van der Waals surface area contributed by atoms with Gasteiger partial charge < -0.3 is 9.84 Å². The number of nitrogens with zero attached hydrogens (tertiary/aromatic N) is 1. The molecule has 94 valence electrons. The molecule has 0 atom stereocenters. The molecule has 0 aliphatic carbocycles. The number of esters is 1. The molecule has 2 aromatic heterocycles. The van der Waals surface area contributed by atoms with Crippen LogP contribution in [0, 0.1) is 6.92 Å². The first-order valence-corrected chi connectivity index (χ1v) is 5.58. The van der Waals surface area contributed by atoms with E-state index in [9.17, 15) is 14.7 Å². The number of ether oxygens (including phenoxy) is 1. The lowest BCUT2D eigenvalue weighted by molar-refractivity contribution is 0.0520. The van der Waals surface area contributed by atoms with E-state index >= 15 is 0 Å². The molecule has 0 saturated heterocycles. The summed E-state index contributed by atoms with van der Waals surface area (Å²) in [6.07, 6.45) is 1.55. The van der Waals surface area contributed by atoms with Crippen molar-refractivity contribution in [2.45, 2.75) is 13.8 Å². The summed E-state index contributed by atoms with van der Waals surface area (Å²) in [5.74, 6) is -1.12. The first-order valence-electron chi connectivity index (χ1n) is 5.58. The standard InChI is InChI=1S/C13H13NO4/c1-3-18-13(17)10-11(15)8(2)9-6-4-5-7-14(9)12(10)16/h4-7,15H,3H2,1-2H3. The van der Waals surface area contributed by atoms with Gasteiger partial charge in [0.15, 0.2) is 5.56 Å². The van der Waals surface area contributed by atoms with E-state index in [0.29, 0.717) is 11.1 Å². The number of aromatic nitrogens is 1. The van der Waals surface area contributed by atoms with Gasteiger partial charge >= 0.3 is 5.97 Å². The highest BCUT2D eigenvalue weighted by molar-refractivity contribution is 5.93. The van der Waals surface area contributed by atoms with E-state index in [4.69, 9.17) is 4.74 Å². The minimum Gasteiger partial charge on any atom is -0.506 e. The predicted molar refractivity (Wildman–Crippen MR) is 66.0 cm³/mol. The van der Waals surface area contributed by atoms with Gasteiger partial charge in [-0.15, -0.1) is 0 Å². The number of aryl methyl sites for hydroxylation is 1. The van der Waals surface area contributed by atoms with Crippen molar-refractivity contribution in [1.29, 1.82) is 0 Å². The molecule has 5 heteroatoms. The Morgan fingerprint density at radius 2 is 2.17 bits per heavy atom. The van der Waals surface area contributed by atoms with Crippen molar-refractivity contribution in [1.82, 2.24) is 4.40 Å². The van der Waals surface area contributed by atoms with Crippen LogP contribution in [0.25, 0.3) is 5.52 Å². The lowest BCUT2D eigenvalue weighted by atomic mass is 10.1. The van der Waals surface area contributed by atoms with Crippen LogP contribution in [0.2, 0.25) is 0 Å². The van der Waals surface area contributed by atoms with Crippen molar-refractivity contribution in [3.05, 3.63) is 45.9 Å². The average Bonchev–Trinajstić information content (AvgIpc) is 2.37. The van der Waals surface area contributed by atoms with Crippen LogP contribution in [0.4, 0.5) is 0 Å². The fraction of sp³-hybridized carbons (Fsp3) is 0.231. The monoisotopic (exact) mass is 247 g/mol. The van der Waals surface area contributed by atoms with Crippen molar-refractivity contribution in [2.75, 3.05) is 6.61 Å². The maximum atomic E-state index is 12.1. The van der Waals surface area contributed by atoms with Crippen LogP contribution < -0.4 is 5.56 Å². The van der Waals surface area contributed by atoms with Gasteiger partial charge in [-0.25, -0.2) is 4.79 Å². The lowest BCUT2D eigenvalue weighted by Crippen LogP contribution is -2.24. The molecule has 0 radical (unpaired) electrons. The quantitative estimate of drug-likeness (QED) is 0.816. The zero-order valence-corrected chi connectivity index (χ0v) is 10.1. The highest BCUT2D eigenvalue weighted by Gasteiger charge is 2.21. The smallest absolute Gasteiger partial charge is 0.347 e. The number of aromatic hydroxyl groups is 1. The van der Waals surface area contributed by atoms with Gasteiger partial charge in [-0.05, 0) is 26.0 Å². The summed E-state index contributed by atoms with van der Waals surface area (Å²) in [5, 5.41) is 9.96. The third kappa shape index (κ3) is 1.73. The van der Waals surface area contributed by atoms with Gasteiger partial charge in [0.2, 0.25) is 0 Å². The largest absolute Gasteiger partial charge is 0.506 e. The van der Waals surface area contributed by atoms with Gasteiger partial charge in [-0.3, -0.25) is 9.20 Å². The van der Waals surface area contributed by atoms with Crippen molar-refractivity contribution in [3.8, 4) is 5.75 Å². The van der Waals surface area contributed by atoms with E-state index in [1.807, 2.05) is 0 Å². The maximum absolute atomic E-state index is 12.1. The Morgan fingerprint density at radius 3 is 2.83 bits per heavy atom. The highest BCUT2D eigenvalue weighted by Crippen LogP contribution is 2.23. The molecule has 18 heavy (non-hydrogen) atoms. The van der Waals surface area contributed by atoms with Crippen molar-refractivity contribution in [3.63, 3.8) is 0 Å². The third-order valence-electron chi connectivity index (χ3n) is 2.75. The zero-order chi connectivity index (χ0) is 13.3. The molecule has 0 amide bonds. The summed E-state index contributed by atoms with van der Waals surface area (Å²) in [4.78, 5) is 23.8. The summed E-state index contributed by atoms with van der Waals surface area (Å²) in [6, 6.07) is 5.14. The molecule has 0 aromatic carbocycles. The Kier molecular flexibility index (Phi) is 3.06. The van der Waals surface area contributed by atoms with Gasteiger partial charge in [-0.1, -0.05) is 6.07 Å². The highest BCUT2D eigenvalue weighted by atomic mass is 16.5. The number of carbonyl (C=O) groups excluding carboxylic acids is 1. The van der Waals surface area contributed by atoms with Gasteiger partial charge in [0, 0.05) is 11.8 Å². The SMILES string of the molecule is CCOC(=O)c1c(O)c(C)c2ccccn2c1=O. The van der Waals surface area contributed by atoms with E-state index in [-0.39, 0.29) is 17.9 Å². The normalized spacial score (nSPS) is 10.6. The summed E-state index contributed by atoms with van der Waals surface area (Å²) in [6.45, 7) is 3.43. The Balaban J connectivity index is 2.83. The molecule has 0 aliphatic rings. The molecule has 2 rings (SSSR count). The number of rotatable bonds is 2. The maximum Gasteiger partial charge on any atom is 0.347 e. The number of fused-ring (bicyclic) bond motifs is 1. The molecule has 0 bridgehead atoms. The summed E-state index contributed by atoms with van der Waals surface area (Å²) < 4.78 is 6.10. The second-order valence-corrected chi connectivity index (χ2v) is 3.83. The topological polar surface area (TPSA) is 68.0 Å². The average molecular weight is 247 g/mol. The van der Waals surface area contributed by atoms with Gasteiger partial charge in [-0.2, -0.15) is 0 Å². The second kappa shape index (κ2) is 4.52. The first-order chi connectivity index (χ1) is 8.57. The van der Waals surface area contributed by atoms with Crippen LogP contribution in [0.5, 0.6) is 5.75 Å². The first kappa shape index (κ1) is 12.2. The summed E-state index contributed by atoms with van der Waals surface area (Å²) >= 11 is 0. The molecule has 0 saturated carbocycles. The number of carbonyl (C=O) groups is 1. The number of hydrogen-bond acceptors (Lipinski definition) is 4. The van der Waals surface area contributed by atoms with Crippen molar-refractivity contribution in [2.24, 2.45) is 0 Å². The van der Waals surface area contributed by atoms with Crippen LogP contribution in [-0.2, 0) is 4.74 Å². The van der Waals surface area contributed by atoms with Gasteiger partial charge in [0.25, 0.3) is 5.56 Å². The molecule has 2 heterocycles. The lowest BCUT2D eigenvalue weighted by Gasteiger charge is -2.10. The minimum atomic E-state index is -0.804. The number of pyridine rings is 2. The fourth-order valence-corrected chi connectivity index (χ4v) is 1.84. The molecule has 0 fully saturated rings. The van der Waals surface area contributed by atoms with Crippen LogP contribution in [0.15, 0.2) is 29.2 Å². The van der Waals surface area contributed by atoms with E-state index in [1.165, 1.54) is 4.40 Å². The van der Waals surface area contributed by atoms with Crippen molar-refractivity contribution < 1.29 is 14.6 Å². The Morgan fingerprint density at radius 1 is 1.44 bits per heavy atom. The van der Waals surface area contributed by atoms with E-state index in [0.717, 1.165) is 0 Å². The zero-order valence-electron chi connectivity index (χ0n) is 10.1. The number of hydrogen-bond donors (Lipinski definition) is 1. The molecule has 0 aliphatic heterocycles. The second-order valence-electron chi connectivity index (χ2n) is 3.83. The van der Waals surface area contributed by atoms with Crippen LogP contribution >= 0.6 is 0 Å². The van der Waals surface area contributed by atoms with E-state index in [1.54, 1.807) is 38.2 Å².